The third kappa shape index (κ3) is 4.07. The Morgan fingerprint density at radius 1 is 1.29 bits per heavy atom. The number of carbonyl (C=O) groups is 1. The summed E-state index contributed by atoms with van der Waals surface area (Å²) in [6, 6.07) is 4.31. The molecule has 1 aromatic carbocycles. The molecule has 6 heteroatoms. The second-order valence-electron chi connectivity index (χ2n) is 5.16. The number of amides is 1. The van der Waals surface area contributed by atoms with Gasteiger partial charge in [-0.25, -0.2) is 4.98 Å². The van der Waals surface area contributed by atoms with Gasteiger partial charge in [-0.2, -0.15) is 5.10 Å². The van der Waals surface area contributed by atoms with Crippen LogP contribution in [-0.2, 0) is 4.79 Å². The van der Waals surface area contributed by atoms with Gasteiger partial charge in [-0.05, 0) is 49.9 Å². The minimum absolute atomic E-state index is 0.00729. The van der Waals surface area contributed by atoms with E-state index >= 15 is 0 Å². The normalized spacial score (nSPS) is 12.2. The number of aromatic amines is 1. The lowest BCUT2D eigenvalue weighted by Crippen LogP contribution is -2.28. The molecular weight excluding hydrogens is 284 g/mol. The van der Waals surface area contributed by atoms with Crippen molar-refractivity contribution in [3.63, 3.8) is 0 Å². The third-order valence-corrected chi connectivity index (χ3v) is 4.34. The van der Waals surface area contributed by atoms with Crippen molar-refractivity contribution in [2.75, 3.05) is 5.75 Å². The number of aryl methyl sites for hydroxylation is 3. The van der Waals surface area contributed by atoms with E-state index in [9.17, 15) is 4.79 Å². The number of nitrogens with one attached hydrogen (secondary N) is 2. The number of hydrogen-bond donors (Lipinski definition) is 2. The predicted octanol–water partition coefficient (Wildman–Crippen LogP) is 2.70. The molecule has 2 aromatic rings. The van der Waals surface area contributed by atoms with Crippen LogP contribution in [-0.4, -0.2) is 26.8 Å². The lowest BCUT2D eigenvalue weighted by atomic mass is 9.96. The summed E-state index contributed by atoms with van der Waals surface area (Å²) in [6.45, 7) is 8.28. The predicted molar refractivity (Wildman–Crippen MR) is 84.3 cm³/mol. The Bertz CT molecular complexity index is 625. The molecule has 0 spiro atoms. The molecule has 0 aliphatic rings. The molecular formula is C15H20N4OS. The number of H-pyrrole nitrogens is 1. The second kappa shape index (κ2) is 6.76. The van der Waals surface area contributed by atoms with Gasteiger partial charge in [-0.15, -0.1) is 0 Å². The molecule has 2 N–H and O–H groups in total. The van der Waals surface area contributed by atoms with E-state index in [4.69, 9.17) is 0 Å². The number of aromatic nitrogens is 3. The molecule has 1 atom stereocenters. The van der Waals surface area contributed by atoms with Crippen molar-refractivity contribution in [1.82, 2.24) is 20.5 Å². The Labute approximate surface area is 128 Å². The molecule has 1 aromatic heterocycles. The minimum Gasteiger partial charge on any atom is -0.349 e. The minimum atomic E-state index is -0.0125. The monoisotopic (exact) mass is 304 g/mol. The largest absolute Gasteiger partial charge is 0.349 e. The molecule has 5 nitrogen and oxygen atoms in total. The first kappa shape index (κ1) is 15.6. The molecule has 0 aliphatic carbocycles. The SMILES string of the molecule is Cc1cc(C)c([C@H](C)NC(=O)CSc2ncn[nH]2)cc1C. The van der Waals surface area contributed by atoms with Gasteiger partial charge >= 0.3 is 0 Å². The van der Waals surface area contributed by atoms with Crippen molar-refractivity contribution in [2.45, 2.75) is 38.9 Å². The number of rotatable bonds is 5. The van der Waals surface area contributed by atoms with Crippen molar-refractivity contribution < 1.29 is 4.79 Å². The molecule has 2 rings (SSSR count). The fraction of sp³-hybridized carbons (Fsp3) is 0.400. The Morgan fingerprint density at radius 3 is 2.67 bits per heavy atom. The van der Waals surface area contributed by atoms with Crippen molar-refractivity contribution in [1.29, 1.82) is 0 Å². The van der Waals surface area contributed by atoms with Crippen LogP contribution in [0.15, 0.2) is 23.6 Å². The smallest absolute Gasteiger partial charge is 0.230 e. The zero-order valence-electron chi connectivity index (χ0n) is 12.7. The molecule has 1 amide bonds. The van der Waals surface area contributed by atoms with Gasteiger partial charge in [0.25, 0.3) is 0 Å². The van der Waals surface area contributed by atoms with Gasteiger partial charge < -0.3 is 5.32 Å². The highest BCUT2D eigenvalue weighted by Gasteiger charge is 2.13. The van der Waals surface area contributed by atoms with E-state index in [0.29, 0.717) is 10.9 Å². The first-order chi connectivity index (χ1) is 9.97. The van der Waals surface area contributed by atoms with Gasteiger partial charge in [0.2, 0.25) is 5.91 Å². The molecule has 0 saturated heterocycles. The standard InChI is InChI=1S/C15H20N4OS/c1-9-5-11(3)13(6-10(9)2)12(4)18-14(20)7-21-15-16-8-17-19-15/h5-6,8,12H,7H2,1-4H3,(H,18,20)(H,16,17,19)/t12-/m0/s1. The number of thioether (sulfide) groups is 1. The number of hydrogen-bond acceptors (Lipinski definition) is 4. The van der Waals surface area contributed by atoms with E-state index in [2.05, 4.69) is 53.4 Å². The summed E-state index contributed by atoms with van der Waals surface area (Å²) >= 11 is 1.34. The summed E-state index contributed by atoms with van der Waals surface area (Å²) < 4.78 is 0. The van der Waals surface area contributed by atoms with Gasteiger partial charge in [0.05, 0.1) is 11.8 Å². The van der Waals surface area contributed by atoms with Gasteiger partial charge in [0, 0.05) is 0 Å². The van der Waals surface area contributed by atoms with Crippen LogP contribution in [0.5, 0.6) is 0 Å². The number of benzene rings is 1. The van der Waals surface area contributed by atoms with Crippen LogP contribution in [0.3, 0.4) is 0 Å². The molecule has 0 fully saturated rings. The Hall–Kier alpha value is -1.82. The summed E-state index contributed by atoms with van der Waals surface area (Å²) in [7, 11) is 0. The summed E-state index contributed by atoms with van der Waals surface area (Å²) in [5, 5.41) is 10.1. The number of carbonyl (C=O) groups excluding carboxylic acids is 1. The van der Waals surface area contributed by atoms with Crippen molar-refractivity contribution in [3.8, 4) is 0 Å². The van der Waals surface area contributed by atoms with Crippen molar-refractivity contribution in [3.05, 3.63) is 40.7 Å². The average molecular weight is 304 g/mol. The van der Waals surface area contributed by atoms with Crippen LogP contribution >= 0.6 is 11.8 Å². The van der Waals surface area contributed by atoms with E-state index in [-0.39, 0.29) is 11.9 Å². The second-order valence-corrected chi connectivity index (χ2v) is 6.13. The van der Waals surface area contributed by atoms with Crippen LogP contribution in [0.25, 0.3) is 0 Å². The summed E-state index contributed by atoms with van der Waals surface area (Å²) in [4.78, 5) is 16.0. The van der Waals surface area contributed by atoms with Gasteiger partial charge in [-0.3, -0.25) is 9.89 Å². The number of nitrogens with zero attached hydrogens (tertiary/aromatic N) is 2. The molecule has 0 aliphatic heterocycles. The molecule has 0 bridgehead atoms. The van der Waals surface area contributed by atoms with Gasteiger partial charge in [-0.1, -0.05) is 23.9 Å². The van der Waals surface area contributed by atoms with Crippen molar-refractivity contribution >= 4 is 17.7 Å². The van der Waals surface area contributed by atoms with E-state index in [1.165, 1.54) is 34.8 Å². The lowest BCUT2D eigenvalue weighted by molar-refractivity contribution is -0.119. The molecule has 0 unspecified atom stereocenters. The third-order valence-electron chi connectivity index (χ3n) is 3.46. The van der Waals surface area contributed by atoms with E-state index in [0.717, 1.165) is 5.56 Å². The van der Waals surface area contributed by atoms with Crippen molar-refractivity contribution in [2.24, 2.45) is 0 Å². The van der Waals surface area contributed by atoms with Gasteiger partial charge in [0.1, 0.15) is 6.33 Å². The summed E-state index contributed by atoms with van der Waals surface area (Å²) in [6.07, 6.45) is 1.43. The molecule has 0 saturated carbocycles. The van der Waals surface area contributed by atoms with Crippen LogP contribution in [0.1, 0.15) is 35.2 Å². The maximum atomic E-state index is 12.0. The molecule has 0 radical (unpaired) electrons. The first-order valence-electron chi connectivity index (χ1n) is 6.82. The van der Waals surface area contributed by atoms with E-state index in [1.54, 1.807) is 0 Å². The topological polar surface area (TPSA) is 70.7 Å². The fourth-order valence-electron chi connectivity index (χ4n) is 2.21. The zero-order valence-corrected chi connectivity index (χ0v) is 13.5. The lowest BCUT2D eigenvalue weighted by Gasteiger charge is -2.18. The van der Waals surface area contributed by atoms with Crippen LogP contribution in [0.2, 0.25) is 0 Å². The summed E-state index contributed by atoms with van der Waals surface area (Å²) in [5.74, 6) is 0.310. The fourth-order valence-corrected chi connectivity index (χ4v) is 2.80. The maximum Gasteiger partial charge on any atom is 0.230 e. The molecule has 1 heterocycles. The maximum absolute atomic E-state index is 12.0. The van der Waals surface area contributed by atoms with Crippen LogP contribution < -0.4 is 5.32 Å². The van der Waals surface area contributed by atoms with E-state index in [1.807, 2.05) is 6.92 Å². The highest BCUT2D eigenvalue weighted by molar-refractivity contribution is 7.99. The molecule has 21 heavy (non-hydrogen) atoms. The average Bonchev–Trinajstić information content (AvgIpc) is 2.93. The molecule has 112 valence electrons. The summed E-state index contributed by atoms with van der Waals surface area (Å²) in [5.41, 5.74) is 4.88. The van der Waals surface area contributed by atoms with Gasteiger partial charge in [0.15, 0.2) is 5.16 Å². The quantitative estimate of drug-likeness (QED) is 0.833. The van der Waals surface area contributed by atoms with Crippen LogP contribution in [0, 0.1) is 20.8 Å². The van der Waals surface area contributed by atoms with E-state index < -0.39 is 0 Å². The zero-order chi connectivity index (χ0) is 15.4. The Kier molecular flexibility index (Phi) is 5.01. The highest BCUT2D eigenvalue weighted by atomic mass is 32.2. The van der Waals surface area contributed by atoms with Crippen LogP contribution in [0.4, 0.5) is 0 Å². The first-order valence-corrected chi connectivity index (χ1v) is 7.81. The Morgan fingerprint density at radius 2 is 2.00 bits per heavy atom. The highest BCUT2D eigenvalue weighted by Crippen LogP contribution is 2.22. The Balaban J connectivity index is 1.96.